The Kier molecular flexibility index (Phi) is 7.07. The van der Waals surface area contributed by atoms with Crippen LogP contribution in [0.4, 0.5) is 5.69 Å². The number of benzene rings is 2. The molecule has 2 aromatic rings. The lowest BCUT2D eigenvalue weighted by atomic mass is 9.99. The zero-order valence-corrected chi connectivity index (χ0v) is 17.8. The molecule has 7 heteroatoms. The molecule has 0 bridgehead atoms. The summed E-state index contributed by atoms with van der Waals surface area (Å²) in [4.78, 5) is 12.7. The number of aryl methyl sites for hydroxylation is 2. The van der Waals surface area contributed by atoms with E-state index in [1.807, 2.05) is 32.9 Å². The maximum Gasteiger partial charge on any atom is 0.241 e. The number of anilines is 1. The van der Waals surface area contributed by atoms with Crippen molar-refractivity contribution in [1.29, 1.82) is 0 Å². The van der Waals surface area contributed by atoms with Crippen LogP contribution < -0.4 is 14.4 Å². The number of sulfonamides is 1. The molecule has 0 aliphatic heterocycles. The van der Waals surface area contributed by atoms with E-state index < -0.39 is 10.0 Å². The van der Waals surface area contributed by atoms with Gasteiger partial charge in [-0.2, -0.15) is 0 Å². The van der Waals surface area contributed by atoms with Crippen LogP contribution in [0.1, 0.15) is 36.1 Å². The Labute approximate surface area is 167 Å². The molecule has 1 amide bonds. The predicted octanol–water partition coefficient (Wildman–Crippen LogP) is 3.35. The van der Waals surface area contributed by atoms with Crippen LogP contribution in [0.25, 0.3) is 0 Å². The molecule has 0 aliphatic rings. The van der Waals surface area contributed by atoms with Crippen LogP contribution in [0.3, 0.4) is 0 Å². The molecule has 28 heavy (non-hydrogen) atoms. The number of nitrogens with zero attached hydrogens (tertiary/aromatic N) is 1. The summed E-state index contributed by atoms with van der Waals surface area (Å²) in [6.45, 7) is 5.73. The lowest BCUT2D eigenvalue weighted by Crippen LogP contribution is -2.41. The molecule has 1 atom stereocenters. The number of ether oxygens (including phenoxy) is 1. The van der Waals surface area contributed by atoms with Gasteiger partial charge in [-0.25, -0.2) is 8.42 Å². The van der Waals surface area contributed by atoms with E-state index in [4.69, 9.17) is 4.74 Å². The summed E-state index contributed by atoms with van der Waals surface area (Å²) in [6, 6.07) is 12.6. The Bertz CT molecular complexity index is 941. The lowest BCUT2D eigenvalue weighted by Gasteiger charge is -2.25. The largest absolute Gasteiger partial charge is 0.495 e. The molecule has 2 aromatic carbocycles. The summed E-state index contributed by atoms with van der Waals surface area (Å²) in [5, 5.41) is 2.95. The molecule has 0 spiro atoms. The third-order valence-corrected chi connectivity index (χ3v) is 5.84. The summed E-state index contributed by atoms with van der Waals surface area (Å²) < 4.78 is 31.0. The molecule has 6 nitrogen and oxygen atoms in total. The van der Waals surface area contributed by atoms with Crippen LogP contribution >= 0.6 is 0 Å². The number of amides is 1. The number of methoxy groups -OCH3 is 1. The van der Waals surface area contributed by atoms with Gasteiger partial charge in [0.05, 0.1) is 25.1 Å². The molecule has 0 saturated heterocycles. The number of nitrogens with one attached hydrogen (secondary N) is 1. The Balaban J connectivity index is 2.24. The van der Waals surface area contributed by atoms with Crippen LogP contribution in [0.15, 0.2) is 42.5 Å². The number of rotatable bonds is 8. The first-order valence-corrected chi connectivity index (χ1v) is 11.0. The molecule has 152 valence electrons. The van der Waals surface area contributed by atoms with Crippen molar-refractivity contribution in [3.8, 4) is 5.75 Å². The first-order valence-electron chi connectivity index (χ1n) is 9.14. The van der Waals surface area contributed by atoms with Gasteiger partial charge in [-0.1, -0.05) is 37.3 Å². The number of hydrogen-bond acceptors (Lipinski definition) is 4. The number of hydrogen-bond donors (Lipinski definition) is 1. The molecule has 0 aliphatic carbocycles. The van der Waals surface area contributed by atoms with Crippen LogP contribution in [0, 0.1) is 13.8 Å². The van der Waals surface area contributed by atoms with Crippen LogP contribution in [-0.4, -0.2) is 34.2 Å². The first-order chi connectivity index (χ1) is 13.2. The summed E-state index contributed by atoms with van der Waals surface area (Å²) in [5.74, 6) is 0.0170. The van der Waals surface area contributed by atoms with Crippen molar-refractivity contribution in [3.05, 3.63) is 59.2 Å². The smallest absolute Gasteiger partial charge is 0.241 e. The van der Waals surface area contributed by atoms with Crippen molar-refractivity contribution in [2.24, 2.45) is 0 Å². The van der Waals surface area contributed by atoms with Gasteiger partial charge in [-0.3, -0.25) is 9.10 Å². The maximum atomic E-state index is 12.7. The third-order valence-electron chi connectivity index (χ3n) is 4.72. The Morgan fingerprint density at radius 2 is 1.82 bits per heavy atom. The predicted molar refractivity (Wildman–Crippen MR) is 112 cm³/mol. The highest BCUT2D eigenvalue weighted by Gasteiger charge is 2.25. The summed E-state index contributed by atoms with van der Waals surface area (Å²) in [7, 11) is -2.21. The standard InChI is InChI=1S/C21H28N2O4S/c1-6-18(17-12-11-15(2)16(3)13-17)22-21(24)14-23(28(5,25)26)19-9-7-8-10-20(19)27-4/h7-13,18H,6,14H2,1-5H3,(H,22,24)/t18-/m1/s1. The minimum Gasteiger partial charge on any atom is -0.495 e. The number of para-hydroxylation sites is 2. The highest BCUT2D eigenvalue weighted by Crippen LogP contribution is 2.29. The average Bonchev–Trinajstić information content (AvgIpc) is 2.65. The minimum atomic E-state index is -3.67. The molecule has 0 radical (unpaired) electrons. The van der Waals surface area contributed by atoms with Gasteiger partial charge in [-0.05, 0) is 49.1 Å². The molecule has 0 aromatic heterocycles. The number of carbonyl (C=O) groups is 1. The van der Waals surface area contributed by atoms with Crippen molar-refractivity contribution >= 4 is 21.6 Å². The fourth-order valence-corrected chi connectivity index (χ4v) is 3.85. The van der Waals surface area contributed by atoms with Gasteiger partial charge in [0.1, 0.15) is 12.3 Å². The second-order valence-corrected chi connectivity index (χ2v) is 8.72. The molecule has 2 rings (SSSR count). The zero-order valence-electron chi connectivity index (χ0n) is 17.0. The zero-order chi connectivity index (χ0) is 20.9. The first kappa shape index (κ1) is 21.8. The van der Waals surface area contributed by atoms with Gasteiger partial charge in [0.15, 0.2) is 0 Å². The quantitative estimate of drug-likeness (QED) is 0.732. The van der Waals surface area contributed by atoms with Crippen molar-refractivity contribution in [3.63, 3.8) is 0 Å². The summed E-state index contributed by atoms with van der Waals surface area (Å²) in [5.41, 5.74) is 3.67. The van der Waals surface area contributed by atoms with Crippen molar-refractivity contribution in [1.82, 2.24) is 5.32 Å². The van der Waals surface area contributed by atoms with Crippen LogP contribution in [0.2, 0.25) is 0 Å². The normalized spacial score (nSPS) is 12.3. The molecule has 0 unspecified atom stereocenters. The van der Waals surface area contributed by atoms with E-state index in [2.05, 4.69) is 11.4 Å². The van der Waals surface area contributed by atoms with E-state index in [1.54, 1.807) is 24.3 Å². The van der Waals surface area contributed by atoms with E-state index in [1.165, 1.54) is 12.7 Å². The molecule has 1 N–H and O–H groups in total. The fraction of sp³-hybridized carbons (Fsp3) is 0.381. The van der Waals surface area contributed by atoms with Crippen molar-refractivity contribution in [2.75, 3.05) is 24.2 Å². The Morgan fingerprint density at radius 1 is 1.14 bits per heavy atom. The van der Waals surface area contributed by atoms with E-state index in [0.29, 0.717) is 17.9 Å². The van der Waals surface area contributed by atoms with Crippen molar-refractivity contribution < 1.29 is 17.9 Å². The number of carbonyl (C=O) groups excluding carboxylic acids is 1. The van der Waals surface area contributed by atoms with Crippen LogP contribution in [0.5, 0.6) is 5.75 Å². The summed E-state index contributed by atoms with van der Waals surface area (Å²) in [6.07, 6.45) is 1.77. The Morgan fingerprint density at radius 3 is 2.39 bits per heavy atom. The second-order valence-electron chi connectivity index (χ2n) is 6.81. The highest BCUT2D eigenvalue weighted by molar-refractivity contribution is 7.92. The molecular weight excluding hydrogens is 376 g/mol. The van der Waals surface area contributed by atoms with Gasteiger partial charge >= 0.3 is 0 Å². The average molecular weight is 405 g/mol. The minimum absolute atomic E-state index is 0.189. The van der Waals surface area contributed by atoms with Gasteiger partial charge in [0.25, 0.3) is 0 Å². The lowest BCUT2D eigenvalue weighted by molar-refractivity contribution is -0.120. The molecule has 0 saturated carbocycles. The maximum absolute atomic E-state index is 12.7. The van der Waals surface area contributed by atoms with E-state index >= 15 is 0 Å². The SMILES string of the molecule is CC[C@@H](NC(=O)CN(c1ccccc1OC)S(C)(=O)=O)c1ccc(C)c(C)c1. The van der Waals surface area contributed by atoms with E-state index in [9.17, 15) is 13.2 Å². The second kappa shape index (κ2) is 9.10. The topological polar surface area (TPSA) is 75.7 Å². The highest BCUT2D eigenvalue weighted by atomic mass is 32.2. The van der Waals surface area contributed by atoms with Gasteiger partial charge in [0.2, 0.25) is 15.9 Å². The molecule has 0 fully saturated rings. The Hall–Kier alpha value is -2.54. The van der Waals surface area contributed by atoms with Crippen LogP contribution in [-0.2, 0) is 14.8 Å². The fourth-order valence-electron chi connectivity index (χ4n) is 2.99. The third kappa shape index (κ3) is 5.25. The van der Waals surface area contributed by atoms with E-state index in [0.717, 1.165) is 21.7 Å². The molecular formula is C21H28N2O4S. The van der Waals surface area contributed by atoms with Crippen molar-refractivity contribution in [2.45, 2.75) is 33.2 Å². The van der Waals surface area contributed by atoms with E-state index in [-0.39, 0.29) is 18.5 Å². The van der Waals surface area contributed by atoms with Gasteiger partial charge in [-0.15, -0.1) is 0 Å². The molecule has 0 heterocycles. The van der Waals surface area contributed by atoms with Gasteiger partial charge < -0.3 is 10.1 Å². The summed E-state index contributed by atoms with van der Waals surface area (Å²) >= 11 is 0. The monoisotopic (exact) mass is 404 g/mol. The van der Waals surface area contributed by atoms with Gasteiger partial charge in [0, 0.05) is 0 Å².